The highest BCUT2D eigenvalue weighted by Gasteiger charge is 2.07. The van der Waals surface area contributed by atoms with E-state index in [9.17, 15) is 4.79 Å². The second-order valence-corrected chi connectivity index (χ2v) is 2.48. The molecule has 0 saturated carbocycles. The van der Waals surface area contributed by atoms with Gasteiger partial charge < -0.3 is 16.6 Å². The van der Waals surface area contributed by atoms with Crippen LogP contribution in [0.15, 0.2) is 12.2 Å². The quantitative estimate of drug-likeness (QED) is 0.393. The van der Waals surface area contributed by atoms with Gasteiger partial charge in [0.15, 0.2) is 0 Å². The Hall–Kier alpha value is -0.870. The summed E-state index contributed by atoms with van der Waals surface area (Å²) in [5, 5.41) is 8.45. The molecule has 0 radical (unpaired) electrons. The summed E-state index contributed by atoms with van der Waals surface area (Å²) in [5.41, 5.74) is 10.4. The molecule has 0 rings (SSSR count). The zero-order valence-electron chi connectivity index (χ0n) is 6.53. The molecule has 4 heteroatoms. The Morgan fingerprint density at radius 1 is 1.64 bits per heavy atom. The third-order valence-corrected chi connectivity index (χ3v) is 1.27. The van der Waals surface area contributed by atoms with E-state index in [4.69, 9.17) is 16.6 Å². The standard InChI is InChI=1S/C7H14N2O2/c1-5(7(10)11)3-2-4-6(8)9/h2,4-6H,3,8-9H2,1H3,(H,10,11). The lowest BCUT2D eigenvalue weighted by Crippen LogP contribution is -2.27. The first-order valence-electron chi connectivity index (χ1n) is 3.44. The molecule has 0 aliphatic heterocycles. The molecule has 0 heterocycles. The molecule has 0 aromatic rings. The van der Waals surface area contributed by atoms with Gasteiger partial charge in [-0.25, -0.2) is 0 Å². The Morgan fingerprint density at radius 3 is 2.55 bits per heavy atom. The summed E-state index contributed by atoms with van der Waals surface area (Å²) >= 11 is 0. The average molecular weight is 158 g/mol. The van der Waals surface area contributed by atoms with Crippen molar-refractivity contribution in [2.45, 2.75) is 19.5 Å². The maximum atomic E-state index is 10.3. The van der Waals surface area contributed by atoms with Gasteiger partial charge in [0.25, 0.3) is 0 Å². The van der Waals surface area contributed by atoms with E-state index in [-0.39, 0.29) is 5.92 Å². The predicted molar refractivity (Wildman–Crippen MR) is 42.7 cm³/mol. The number of rotatable bonds is 4. The summed E-state index contributed by atoms with van der Waals surface area (Å²) in [5.74, 6) is -1.18. The molecule has 0 amide bonds. The van der Waals surface area contributed by atoms with Crippen molar-refractivity contribution in [3.63, 3.8) is 0 Å². The molecule has 4 nitrogen and oxygen atoms in total. The minimum Gasteiger partial charge on any atom is -0.481 e. The molecular formula is C7H14N2O2. The zero-order valence-corrected chi connectivity index (χ0v) is 6.53. The predicted octanol–water partition coefficient (Wildman–Crippen LogP) is -0.103. The lowest BCUT2D eigenvalue weighted by atomic mass is 10.1. The van der Waals surface area contributed by atoms with E-state index in [0.29, 0.717) is 6.42 Å². The van der Waals surface area contributed by atoms with Crippen LogP contribution in [0.4, 0.5) is 0 Å². The largest absolute Gasteiger partial charge is 0.481 e. The fourth-order valence-electron chi connectivity index (χ4n) is 0.541. The second kappa shape index (κ2) is 4.87. The van der Waals surface area contributed by atoms with Crippen molar-refractivity contribution < 1.29 is 9.90 Å². The van der Waals surface area contributed by atoms with Crippen LogP contribution in [0.2, 0.25) is 0 Å². The highest BCUT2D eigenvalue weighted by molar-refractivity contribution is 5.69. The summed E-state index contributed by atoms with van der Waals surface area (Å²) in [7, 11) is 0. The number of allylic oxidation sites excluding steroid dienone is 1. The summed E-state index contributed by atoms with van der Waals surface area (Å²) in [6, 6.07) is 0. The summed E-state index contributed by atoms with van der Waals surface area (Å²) < 4.78 is 0. The van der Waals surface area contributed by atoms with Crippen LogP contribution < -0.4 is 11.5 Å². The van der Waals surface area contributed by atoms with Crippen molar-refractivity contribution in [2.24, 2.45) is 17.4 Å². The Labute approximate surface area is 65.9 Å². The van der Waals surface area contributed by atoms with Crippen molar-refractivity contribution >= 4 is 5.97 Å². The van der Waals surface area contributed by atoms with Gasteiger partial charge in [-0.2, -0.15) is 0 Å². The Balaban J connectivity index is 3.61. The SMILES string of the molecule is CC(CC=CC(N)N)C(=O)O. The number of hydrogen-bond donors (Lipinski definition) is 3. The van der Waals surface area contributed by atoms with E-state index >= 15 is 0 Å². The van der Waals surface area contributed by atoms with Crippen LogP contribution in [-0.4, -0.2) is 17.2 Å². The van der Waals surface area contributed by atoms with E-state index in [0.717, 1.165) is 0 Å². The lowest BCUT2D eigenvalue weighted by molar-refractivity contribution is -0.140. The summed E-state index contributed by atoms with van der Waals surface area (Å²) in [6.45, 7) is 1.63. The van der Waals surface area contributed by atoms with Crippen molar-refractivity contribution in [1.29, 1.82) is 0 Å². The number of carboxylic acids is 1. The fourth-order valence-corrected chi connectivity index (χ4v) is 0.541. The van der Waals surface area contributed by atoms with Crippen LogP contribution >= 0.6 is 0 Å². The van der Waals surface area contributed by atoms with Crippen LogP contribution in [0.1, 0.15) is 13.3 Å². The lowest BCUT2D eigenvalue weighted by Gasteiger charge is -2.00. The summed E-state index contributed by atoms with van der Waals surface area (Å²) in [6.07, 6.45) is 3.25. The van der Waals surface area contributed by atoms with Gasteiger partial charge in [-0.1, -0.05) is 19.1 Å². The molecular weight excluding hydrogens is 144 g/mol. The van der Waals surface area contributed by atoms with Gasteiger partial charge in [0.05, 0.1) is 12.1 Å². The van der Waals surface area contributed by atoms with Crippen molar-refractivity contribution in [3.8, 4) is 0 Å². The Bertz CT molecular complexity index is 155. The number of carboxylic acid groups (broad SMARTS) is 1. The first kappa shape index (κ1) is 10.1. The van der Waals surface area contributed by atoms with Crippen LogP contribution in [0, 0.1) is 5.92 Å². The van der Waals surface area contributed by atoms with Crippen LogP contribution in [0.5, 0.6) is 0 Å². The average Bonchev–Trinajstić information content (AvgIpc) is 1.86. The number of nitrogens with two attached hydrogens (primary N) is 2. The molecule has 5 N–H and O–H groups in total. The number of hydrogen-bond acceptors (Lipinski definition) is 3. The van der Waals surface area contributed by atoms with Gasteiger partial charge in [0.2, 0.25) is 0 Å². The molecule has 0 saturated heterocycles. The van der Waals surface area contributed by atoms with Gasteiger partial charge in [0.1, 0.15) is 0 Å². The first-order chi connectivity index (χ1) is 5.04. The number of aliphatic carboxylic acids is 1. The topological polar surface area (TPSA) is 89.3 Å². The molecule has 0 fully saturated rings. The molecule has 0 aliphatic rings. The van der Waals surface area contributed by atoms with Gasteiger partial charge in [-0.3, -0.25) is 4.79 Å². The number of carbonyl (C=O) groups is 1. The molecule has 0 bridgehead atoms. The third kappa shape index (κ3) is 5.57. The Morgan fingerprint density at radius 2 is 2.18 bits per heavy atom. The molecule has 1 atom stereocenters. The molecule has 0 spiro atoms. The highest BCUT2D eigenvalue weighted by atomic mass is 16.4. The van der Waals surface area contributed by atoms with E-state index in [1.807, 2.05) is 0 Å². The van der Waals surface area contributed by atoms with Gasteiger partial charge >= 0.3 is 5.97 Å². The smallest absolute Gasteiger partial charge is 0.306 e. The van der Waals surface area contributed by atoms with Gasteiger partial charge in [0, 0.05) is 0 Å². The zero-order chi connectivity index (χ0) is 8.85. The molecule has 0 aliphatic carbocycles. The van der Waals surface area contributed by atoms with Gasteiger partial charge in [-0.15, -0.1) is 0 Å². The summed E-state index contributed by atoms with van der Waals surface area (Å²) in [4.78, 5) is 10.3. The maximum absolute atomic E-state index is 10.3. The minimum absolute atomic E-state index is 0.370. The van der Waals surface area contributed by atoms with E-state index in [1.165, 1.54) is 0 Å². The van der Waals surface area contributed by atoms with Gasteiger partial charge in [-0.05, 0) is 6.42 Å². The van der Waals surface area contributed by atoms with Crippen LogP contribution in [0.25, 0.3) is 0 Å². The maximum Gasteiger partial charge on any atom is 0.306 e. The fraction of sp³-hybridized carbons (Fsp3) is 0.571. The molecule has 0 aromatic carbocycles. The van der Waals surface area contributed by atoms with E-state index < -0.39 is 12.1 Å². The first-order valence-corrected chi connectivity index (χ1v) is 3.44. The van der Waals surface area contributed by atoms with Crippen LogP contribution in [-0.2, 0) is 4.79 Å². The van der Waals surface area contributed by atoms with E-state index in [1.54, 1.807) is 19.1 Å². The van der Waals surface area contributed by atoms with Crippen molar-refractivity contribution in [2.75, 3.05) is 0 Å². The molecule has 1 unspecified atom stereocenters. The molecule has 0 aromatic heterocycles. The Kier molecular flexibility index (Phi) is 4.49. The normalized spacial score (nSPS) is 14.2. The van der Waals surface area contributed by atoms with Crippen molar-refractivity contribution in [1.82, 2.24) is 0 Å². The monoisotopic (exact) mass is 158 g/mol. The minimum atomic E-state index is -0.805. The van der Waals surface area contributed by atoms with E-state index in [2.05, 4.69) is 0 Å². The van der Waals surface area contributed by atoms with Crippen LogP contribution in [0.3, 0.4) is 0 Å². The second-order valence-electron chi connectivity index (χ2n) is 2.48. The third-order valence-electron chi connectivity index (χ3n) is 1.27. The molecule has 11 heavy (non-hydrogen) atoms. The van der Waals surface area contributed by atoms with Crippen molar-refractivity contribution in [3.05, 3.63) is 12.2 Å². The highest BCUT2D eigenvalue weighted by Crippen LogP contribution is 2.01. The molecule has 64 valence electrons.